The van der Waals surface area contributed by atoms with Crippen LogP contribution in [0, 0.1) is 0 Å². The van der Waals surface area contributed by atoms with Gasteiger partial charge in [0.25, 0.3) is 0 Å². The minimum Gasteiger partial charge on any atom is -0.481 e. The van der Waals surface area contributed by atoms with Gasteiger partial charge in [-0.1, -0.05) is 6.92 Å². The molecular weight excluding hydrogens is 134 g/mol. The highest BCUT2D eigenvalue weighted by atomic mass is 16.5. The van der Waals surface area contributed by atoms with Gasteiger partial charge < -0.3 is 10.3 Å². The van der Waals surface area contributed by atoms with Gasteiger partial charge in [0.1, 0.15) is 0 Å². The third-order valence-electron chi connectivity index (χ3n) is 1.07. The summed E-state index contributed by atoms with van der Waals surface area (Å²) in [4.78, 5) is 9.97. The Labute approximate surface area is 60.0 Å². The number of hydrogen-bond donors (Lipinski definition) is 2. The van der Waals surface area contributed by atoms with Crippen LogP contribution in [-0.4, -0.2) is 34.4 Å². The fourth-order valence-corrected chi connectivity index (χ4v) is 0.595. The predicted octanol–water partition coefficient (Wildman–Crippen LogP) is 0.562. The molecule has 4 nitrogen and oxygen atoms in total. The Kier molecular flexibility index (Phi) is 4.88. The summed E-state index contributed by atoms with van der Waals surface area (Å²) in [6.07, 6.45) is 0.826. The lowest BCUT2D eigenvalue weighted by atomic mass is 10.4. The SMILES string of the molecule is CCCN(O)CCC(=O)O. The monoisotopic (exact) mass is 147 g/mol. The van der Waals surface area contributed by atoms with Gasteiger partial charge >= 0.3 is 5.97 Å². The minimum atomic E-state index is -0.879. The van der Waals surface area contributed by atoms with Gasteiger partial charge in [-0.15, -0.1) is 0 Å². The average molecular weight is 147 g/mol. The highest BCUT2D eigenvalue weighted by Crippen LogP contribution is 1.88. The van der Waals surface area contributed by atoms with Crippen molar-refractivity contribution in [3.63, 3.8) is 0 Å². The maximum absolute atomic E-state index is 9.97. The summed E-state index contributed by atoms with van der Waals surface area (Å²) in [5.41, 5.74) is 0. The second kappa shape index (κ2) is 5.20. The van der Waals surface area contributed by atoms with E-state index in [0.29, 0.717) is 6.54 Å². The van der Waals surface area contributed by atoms with Crippen molar-refractivity contribution in [2.45, 2.75) is 19.8 Å². The first-order chi connectivity index (χ1) is 4.66. The van der Waals surface area contributed by atoms with Crippen LogP contribution in [0.3, 0.4) is 0 Å². The molecule has 0 saturated carbocycles. The minimum absolute atomic E-state index is 0.00347. The van der Waals surface area contributed by atoms with Crippen molar-refractivity contribution in [2.75, 3.05) is 13.1 Å². The number of hydroxylamine groups is 2. The molecule has 0 saturated heterocycles. The number of nitrogens with zero attached hydrogens (tertiary/aromatic N) is 1. The number of carbonyl (C=O) groups is 1. The Morgan fingerprint density at radius 2 is 2.10 bits per heavy atom. The zero-order valence-corrected chi connectivity index (χ0v) is 6.08. The standard InChI is InChI=1S/C6H13NO3/c1-2-4-7(10)5-3-6(8)9/h10H,2-5H2,1H3,(H,8,9). The van der Waals surface area contributed by atoms with Gasteiger partial charge in [0, 0.05) is 13.1 Å². The first-order valence-electron chi connectivity index (χ1n) is 3.32. The van der Waals surface area contributed by atoms with Crippen molar-refractivity contribution in [3.05, 3.63) is 0 Å². The Morgan fingerprint density at radius 3 is 2.50 bits per heavy atom. The van der Waals surface area contributed by atoms with Crippen LogP contribution >= 0.6 is 0 Å². The van der Waals surface area contributed by atoms with Gasteiger partial charge in [0.05, 0.1) is 6.42 Å². The Bertz CT molecular complexity index is 105. The molecule has 0 heterocycles. The van der Waals surface area contributed by atoms with Crippen LogP contribution < -0.4 is 0 Å². The van der Waals surface area contributed by atoms with E-state index >= 15 is 0 Å². The van der Waals surface area contributed by atoms with Crippen molar-refractivity contribution in [3.8, 4) is 0 Å². The number of carboxylic acid groups (broad SMARTS) is 1. The van der Waals surface area contributed by atoms with E-state index in [-0.39, 0.29) is 13.0 Å². The molecule has 0 aromatic heterocycles. The van der Waals surface area contributed by atoms with Crippen LogP contribution in [0.1, 0.15) is 19.8 Å². The molecule has 0 aromatic rings. The molecule has 0 spiro atoms. The molecule has 0 bridgehead atoms. The molecule has 0 aliphatic carbocycles. The molecule has 2 N–H and O–H groups in total. The molecule has 60 valence electrons. The topological polar surface area (TPSA) is 60.8 Å². The van der Waals surface area contributed by atoms with Gasteiger partial charge in [-0.05, 0) is 6.42 Å². The summed E-state index contributed by atoms with van der Waals surface area (Å²) in [7, 11) is 0. The second-order valence-electron chi connectivity index (χ2n) is 2.10. The van der Waals surface area contributed by atoms with E-state index in [0.717, 1.165) is 11.5 Å². The maximum Gasteiger partial charge on any atom is 0.304 e. The van der Waals surface area contributed by atoms with Gasteiger partial charge in [0.15, 0.2) is 0 Å². The summed E-state index contributed by atoms with van der Waals surface area (Å²) in [5.74, 6) is -0.879. The molecule has 0 radical (unpaired) electrons. The van der Waals surface area contributed by atoms with Crippen LogP contribution in [0.25, 0.3) is 0 Å². The first kappa shape index (κ1) is 9.39. The molecular formula is C6H13NO3. The van der Waals surface area contributed by atoms with Gasteiger partial charge in [-0.2, -0.15) is 5.06 Å². The van der Waals surface area contributed by atoms with E-state index in [9.17, 15) is 4.79 Å². The summed E-state index contributed by atoms with van der Waals surface area (Å²) in [6.45, 7) is 2.67. The zero-order valence-electron chi connectivity index (χ0n) is 6.08. The first-order valence-corrected chi connectivity index (χ1v) is 3.32. The lowest BCUT2D eigenvalue weighted by molar-refractivity contribution is -0.142. The summed E-state index contributed by atoms with van der Waals surface area (Å²) in [6, 6.07) is 0. The van der Waals surface area contributed by atoms with Gasteiger partial charge in [0.2, 0.25) is 0 Å². The third-order valence-corrected chi connectivity index (χ3v) is 1.07. The summed E-state index contributed by atoms with van der Waals surface area (Å²) < 4.78 is 0. The molecule has 0 aromatic carbocycles. The van der Waals surface area contributed by atoms with Crippen LogP contribution in [-0.2, 0) is 4.79 Å². The van der Waals surface area contributed by atoms with E-state index in [1.807, 2.05) is 6.92 Å². The lowest BCUT2D eigenvalue weighted by Gasteiger charge is -2.10. The molecule has 10 heavy (non-hydrogen) atoms. The third kappa shape index (κ3) is 5.53. The van der Waals surface area contributed by atoms with E-state index in [2.05, 4.69) is 0 Å². The fourth-order valence-electron chi connectivity index (χ4n) is 0.595. The number of aliphatic carboxylic acids is 1. The van der Waals surface area contributed by atoms with Crippen LogP contribution in [0.15, 0.2) is 0 Å². The molecule has 0 atom stereocenters. The van der Waals surface area contributed by atoms with Crippen LogP contribution in [0.5, 0.6) is 0 Å². The van der Waals surface area contributed by atoms with Crippen LogP contribution in [0.4, 0.5) is 0 Å². The maximum atomic E-state index is 9.97. The van der Waals surface area contributed by atoms with Crippen molar-refractivity contribution < 1.29 is 15.1 Å². The average Bonchev–Trinajstić information content (AvgIpc) is 1.85. The highest BCUT2D eigenvalue weighted by Gasteiger charge is 2.01. The molecule has 0 amide bonds. The van der Waals surface area contributed by atoms with E-state index in [1.165, 1.54) is 0 Å². The largest absolute Gasteiger partial charge is 0.481 e. The van der Waals surface area contributed by atoms with Crippen molar-refractivity contribution in [1.29, 1.82) is 0 Å². The molecule has 0 unspecified atom stereocenters. The molecule has 0 aliphatic heterocycles. The Morgan fingerprint density at radius 1 is 1.50 bits per heavy atom. The van der Waals surface area contributed by atoms with Gasteiger partial charge in [-0.3, -0.25) is 4.79 Å². The van der Waals surface area contributed by atoms with Crippen molar-refractivity contribution in [1.82, 2.24) is 5.06 Å². The highest BCUT2D eigenvalue weighted by molar-refractivity contribution is 5.66. The van der Waals surface area contributed by atoms with Gasteiger partial charge in [-0.25, -0.2) is 0 Å². The van der Waals surface area contributed by atoms with E-state index in [1.54, 1.807) is 0 Å². The van der Waals surface area contributed by atoms with Crippen molar-refractivity contribution in [2.24, 2.45) is 0 Å². The number of carboxylic acids is 1. The summed E-state index contributed by atoms with van der Waals surface area (Å²) in [5, 5.41) is 18.1. The van der Waals surface area contributed by atoms with Crippen LogP contribution in [0.2, 0.25) is 0 Å². The fraction of sp³-hybridized carbons (Fsp3) is 0.833. The van der Waals surface area contributed by atoms with E-state index in [4.69, 9.17) is 10.3 Å². The normalized spacial score (nSPS) is 10.3. The van der Waals surface area contributed by atoms with Crippen molar-refractivity contribution >= 4 is 5.97 Å². The van der Waals surface area contributed by atoms with E-state index < -0.39 is 5.97 Å². The molecule has 0 rings (SSSR count). The number of rotatable bonds is 5. The second-order valence-corrected chi connectivity index (χ2v) is 2.10. The number of hydrogen-bond acceptors (Lipinski definition) is 3. The Balaban J connectivity index is 3.21. The zero-order chi connectivity index (χ0) is 7.98. The quantitative estimate of drug-likeness (QED) is 0.558. The summed E-state index contributed by atoms with van der Waals surface area (Å²) >= 11 is 0. The smallest absolute Gasteiger partial charge is 0.304 e. The lowest BCUT2D eigenvalue weighted by Crippen LogP contribution is -2.23. The molecule has 0 aliphatic rings. The molecule has 4 heteroatoms. The molecule has 0 fully saturated rings. The Hall–Kier alpha value is -0.610. The predicted molar refractivity (Wildman–Crippen MR) is 35.9 cm³/mol.